The predicted molar refractivity (Wildman–Crippen MR) is 55.1 cm³/mol. The van der Waals surface area contributed by atoms with Gasteiger partial charge in [-0.2, -0.15) is 0 Å². The van der Waals surface area contributed by atoms with Gasteiger partial charge in [0.1, 0.15) is 0 Å². The fourth-order valence-electron chi connectivity index (χ4n) is 1.12. The van der Waals surface area contributed by atoms with E-state index in [4.69, 9.17) is 16.7 Å². The SMILES string of the molecule is CSc1c(C(F)F)ccc(C(=O)O)c1Cl. The number of alkyl halides is 2. The summed E-state index contributed by atoms with van der Waals surface area (Å²) in [6.07, 6.45) is -1.09. The van der Waals surface area contributed by atoms with Crippen LogP contribution in [0.5, 0.6) is 0 Å². The largest absolute Gasteiger partial charge is 0.478 e. The van der Waals surface area contributed by atoms with E-state index in [1.54, 1.807) is 6.26 Å². The zero-order valence-electron chi connectivity index (χ0n) is 7.63. The maximum Gasteiger partial charge on any atom is 0.337 e. The van der Waals surface area contributed by atoms with Crippen LogP contribution in [0.4, 0.5) is 8.78 Å². The molecule has 0 saturated carbocycles. The summed E-state index contributed by atoms with van der Waals surface area (Å²) in [6.45, 7) is 0. The van der Waals surface area contributed by atoms with Crippen LogP contribution < -0.4 is 0 Å². The molecule has 1 N–H and O–H groups in total. The monoisotopic (exact) mass is 252 g/mol. The van der Waals surface area contributed by atoms with Crippen molar-refractivity contribution in [3.8, 4) is 0 Å². The quantitative estimate of drug-likeness (QED) is 0.834. The molecule has 0 atom stereocenters. The zero-order chi connectivity index (χ0) is 11.6. The molecule has 0 aliphatic rings. The average Bonchev–Trinajstić information content (AvgIpc) is 2.16. The number of thioether (sulfide) groups is 1. The minimum atomic E-state index is -2.66. The van der Waals surface area contributed by atoms with Crippen molar-refractivity contribution in [2.45, 2.75) is 11.3 Å². The first-order valence-corrected chi connectivity index (χ1v) is 5.47. The lowest BCUT2D eigenvalue weighted by Crippen LogP contribution is -2.00. The molecule has 0 aliphatic carbocycles. The molecule has 0 aliphatic heterocycles. The van der Waals surface area contributed by atoms with Gasteiger partial charge in [0.25, 0.3) is 6.43 Å². The van der Waals surface area contributed by atoms with Gasteiger partial charge in [-0.3, -0.25) is 0 Å². The molecule has 0 amide bonds. The van der Waals surface area contributed by atoms with Gasteiger partial charge in [0, 0.05) is 10.5 Å². The molecule has 1 rings (SSSR count). The van der Waals surface area contributed by atoms with Crippen LogP contribution in [-0.4, -0.2) is 17.3 Å². The highest BCUT2D eigenvalue weighted by Gasteiger charge is 2.20. The van der Waals surface area contributed by atoms with E-state index in [0.29, 0.717) is 0 Å². The van der Waals surface area contributed by atoms with Crippen molar-refractivity contribution in [3.63, 3.8) is 0 Å². The second-order valence-corrected chi connectivity index (χ2v) is 3.85. The standard InChI is InChI=1S/C9H7ClF2O2S/c1-15-7-5(8(11)12)3-2-4(6(7)10)9(13)14/h2-3,8H,1H3,(H,13,14). The van der Waals surface area contributed by atoms with Crippen molar-refractivity contribution in [2.24, 2.45) is 0 Å². The van der Waals surface area contributed by atoms with E-state index in [9.17, 15) is 13.6 Å². The first-order chi connectivity index (χ1) is 6.99. The topological polar surface area (TPSA) is 37.3 Å². The van der Waals surface area contributed by atoms with Crippen LogP contribution in [-0.2, 0) is 0 Å². The van der Waals surface area contributed by atoms with E-state index in [1.165, 1.54) is 0 Å². The van der Waals surface area contributed by atoms with Crippen molar-refractivity contribution in [1.29, 1.82) is 0 Å². The van der Waals surface area contributed by atoms with Crippen LogP contribution in [0.3, 0.4) is 0 Å². The van der Waals surface area contributed by atoms with E-state index < -0.39 is 12.4 Å². The number of carbonyl (C=O) groups is 1. The van der Waals surface area contributed by atoms with Crippen molar-refractivity contribution >= 4 is 29.3 Å². The number of benzene rings is 1. The van der Waals surface area contributed by atoms with Gasteiger partial charge in [-0.05, 0) is 12.3 Å². The molecule has 15 heavy (non-hydrogen) atoms. The predicted octanol–water partition coefficient (Wildman–Crippen LogP) is 3.70. The Balaban J connectivity index is 3.39. The van der Waals surface area contributed by atoms with Crippen molar-refractivity contribution in [2.75, 3.05) is 6.26 Å². The Morgan fingerprint density at radius 1 is 1.53 bits per heavy atom. The molecule has 6 heteroatoms. The molecule has 0 spiro atoms. The van der Waals surface area contributed by atoms with Crippen LogP contribution in [0.25, 0.3) is 0 Å². The molecule has 0 aromatic heterocycles. The summed E-state index contributed by atoms with van der Waals surface area (Å²) < 4.78 is 25.0. The summed E-state index contributed by atoms with van der Waals surface area (Å²) in [4.78, 5) is 10.8. The normalized spacial score (nSPS) is 10.7. The van der Waals surface area contributed by atoms with Crippen LogP contribution in [0.2, 0.25) is 5.02 Å². The lowest BCUT2D eigenvalue weighted by molar-refractivity contribution is 0.0696. The number of hydrogen-bond donors (Lipinski definition) is 1. The Hall–Kier alpha value is -0.810. The van der Waals surface area contributed by atoms with Crippen molar-refractivity contribution < 1.29 is 18.7 Å². The van der Waals surface area contributed by atoms with Gasteiger partial charge in [-0.1, -0.05) is 17.7 Å². The lowest BCUT2D eigenvalue weighted by atomic mass is 10.1. The van der Waals surface area contributed by atoms with E-state index in [-0.39, 0.29) is 21.0 Å². The van der Waals surface area contributed by atoms with Crippen LogP contribution in [0.15, 0.2) is 17.0 Å². The van der Waals surface area contributed by atoms with Crippen LogP contribution in [0.1, 0.15) is 22.3 Å². The third kappa shape index (κ3) is 2.41. The van der Waals surface area contributed by atoms with Gasteiger partial charge >= 0.3 is 5.97 Å². The Morgan fingerprint density at radius 2 is 2.13 bits per heavy atom. The number of halogens is 3. The molecule has 1 aromatic carbocycles. The number of rotatable bonds is 3. The summed E-state index contributed by atoms with van der Waals surface area (Å²) in [5, 5.41) is 8.60. The van der Waals surface area contributed by atoms with Gasteiger partial charge in [0.2, 0.25) is 0 Å². The maximum atomic E-state index is 12.5. The van der Waals surface area contributed by atoms with Crippen molar-refractivity contribution in [3.05, 3.63) is 28.3 Å². The summed E-state index contributed by atoms with van der Waals surface area (Å²) in [5.41, 5.74) is -0.400. The third-order valence-electron chi connectivity index (χ3n) is 1.80. The molecule has 0 radical (unpaired) electrons. The lowest BCUT2D eigenvalue weighted by Gasteiger charge is -2.10. The Kier molecular flexibility index (Phi) is 3.93. The molecular weight excluding hydrogens is 246 g/mol. The second-order valence-electron chi connectivity index (χ2n) is 2.66. The Bertz CT molecular complexity index is 396. The molecule has 0 unspecified atom stereocenters. The highest BCUT2D eigenvalue weighted by atomic mass is 35.5. The van der Waals surface area contributed by atoms with E-state index >= 15 is 0 Å². The fourth-order valence-corrected chi connectivity index (χ4v) is 2.28. The molecule has 0 bridgehead atoms. The first-order valence-electron chi connectivity index (χ1n) is 3.86. The van der Waals surface area contributed by atoms with E-state index in [0.717, 1.165) is 23.9 Å². The minimum absolute atomic E-state index is 0.117. The van der Waals surface area contributed by atoms with E-state index in [1.807, 2.05) is 0 Å². The average molecular weight is 253 g/mol. The molecular formula is C9H7ClF2O2S. The minimum Gasteiger partial charge on any atom is -0.478 e. The van der Waals surface area contributed by atoms with Gasteiger partial charge in [0.15, 0.2) is 0 Å². The number of aromatic carboxylic acids is 1. The second kappa shape index (κ2) is 4.81. The summed E-state index contributed by atoms with van der Waals surface area (Å²) in [5.74, 6) is -1.23. The van der Waals surface area contributed by atoms with Gasteiger partial charge in [-0.25, -0.2) is 13.6 Å². The molecule has 0 saturated heterocycles. The van der Waals surface area contributed by atoms with Crippen LogP contribution in [0, 0.1) is 0 Å². The number of carboxylic acids is 1. The Morgan fingerprint density at radius 3 is 2.53 bits per heavy atom. The summed E-state index contributed by atoms with van der Waals surface area (Å²) in [7, 11) is 0. The number of hydrogen-bond acceptors (Lipinski definition) is 2. The maximum absolute atomic E-state index is 12.5. The molecule has 82 valence electrons. The smallest absolute Gasteiger partial charge is 0.337 e. The highest BCUT2D eigenvalue weighted by molar-refractivity contribution is 7.98. The molecule has 0 fully saturated rings. The summed E-state index contributed by atoms with van der Waals surface area (Å²) in [6, 6.07) is 2.18. The van der Waals surface area contributed by atoms with Gasteiger partial charge in [0.05, 0.1) is 10.6 Å². The van der Waals surface area contributed by atoms with Gasteiger partial charge < -0.3 is 5.11 Å². The fraction of sp³-hybridized carbons (Fsp3) is 0.222. The Labute approximate surface area is 94.2 Å². The van der Waals surface area contributed by atoms with Crippen molar-refractivity contribution in [1.82, 2.24) is 0 Å². The summed E-state index contributed by atoms with van der Waals surface area (Å²) >= 11 is 6.72. The highest BCUT2D eigenvalue weighted by Crippen LogP contribution is 2.36. The van der Waals surface area contributed by atoms with E-state index in [2.05, 4.69) is 0 Å². The third-order valence-corrected chi connectivity index (χ3v) is 3.15. The van der Waals surface area contributed by atoms with Gasteiger partial charge in [-0.15, -0.1) is 11.8 Å². The molecule has 1 aromatic rings. The zero-order valence-corrected chi connectivity index (χ0v) is 9.20. The van der Waals surface area contributed by atoms with Crippen LogP contribution >= 0.6 is 23.4 Å². The molecule has 0 heterocycles. The molecule has 2 nitrogen and oxygen atoms in total. The number of carboxylic acid groups (broad SMARTS) is 1. The first kappa shape index (κ1) is 12.3.